The molecule has 23 heavy (non-hydrogen) atoms. The Labute approximate surface area is 140 Å². The highest BCUT2D eigenvalue weighted by molar-refractivity contribution is 5.95. The van der Waals surface area contributed by atoms with Gasteiger partial charge in [0.25, 0.3) is 0 Å². The third kappa shape index (κ3) is 3.24. The molecule has 1 heterocycles. The second-order valence-corrected chi connectivity index (χ2v) is 8.10. The Morgan fingerprint density at radius 3 is 2.61 bits per heavy atom. The highest BCUT2D eigenvalue weighted by Crippen LogP contribution is 2.43. The summed E-state index contributed by atoms with van der Waals surface area (Å²) in [6.07, 6.45) is 7.03. The Bertz CT molecular complexity index is 587. The van der Waals surface area contributed by atoms with Crippen molar-refractivity contribution in [2.45, 2.75) is 83.7 Å². The van der Waals surface area contributed by atoms with Gasteiger partial charge in [0.1, 0.15) is 0 Å². The summed E-state index contributed by atoms with van der Waals surface area (Å²) in [5.74, 6) is 0.485. The quantitative estimate of drug-likeness (QED) is 0.765. The molecule has 1 aromatic rings. The van der Waals surface area contributed by atoms with Crippen molar-refractivity contribution >= 4 is 11.7 Å². The molecule has 2 amide bonds. The molecule has 0 unspecified atom stereocenters. The van der Waals surface area contributed by atoms with Crippen molar-refractivity contribution in [1.29, 1.82) is 0 Å². The van der Waals surface area contributed by atoms with Crippen LogP contribution in [0.3, 0.4) is 0 Å². The van der Waals surface area contributed by atoms with Gasteiger partial charge in [-0.2, -0.15) is 0 Å². The number of benzene rings is 1. The minimum atomic E-state index is -0.152. The second kappa shape index (κ2) is 6.18. The van der Waals surface area contributed by atoms with Crippen molar-refractivity contribution in [3.8, 4) is 0 Å². The van der Waals surface area contributed by atoms with Gasteiger partial charge < -0.3 is 5.32 Å². The second-order valence-electron chi connectivity index (χ2n) is 8.10. The van der Waals surface area contributed by atoms with E-state index in [1.165, 1.54) is 30.4 Å². The number of amides is 2. The number of carbonyl (C=O) groups excluding carboxylic acids is 1. The molecule has 3 nitrogen and oxygen atoms in total. The van der Waals surface area contributed by atoms with E-state index < -0.39 is 0 Å². The molecule has 0 aromatic heterocycles. The summed E-state index contributed by atoms with van der Waals surface area (Å²) in [4.78, 5) is 15.1. The van der Waals surface area contributed by atoms with Gasteiger partial charge in [-0.3, -0.25) is 4.90 Å². The van der Waals surface area contributed by atoms with Crippen LogP contribution in [-0.4, -0.2) is 17.6 Å². The third-order valence-corrected chi connectivity index (χ3v) is 5.50. The lowest BCUT2D eigenvalue weighted by Gasteiger charge is -2.46. The minimum absolute atomic E-state index is 0.0823. The number of fused-ring (bicyclic) bond motifs is 1. The van der Waals surface area contributed by atoms with Crippen molar-refractivity contribution in [3.05, 3.63) is 29.3 Å². The molecule has 0 spiro atoms. The van der Waals surface area contributed by atoms with E-state index in [-0.39, 0.29) is 11.6 Å². The number of hydrogen-bond donors (Lipinski definition) is 1. The number of hydrogen-bond acceptors (Lipinski definition) is 1. The first-order valence-corrected chi connectivity index (χ1v) is 9.10. The molecule has 1 aliphatic heterocycles. The van der Waals surface area contributed by atoms with Crippen molar-refractivity contribution in [1.82, 2.24) is 5.32 Å². The SMILES string of the molecule is Cc1ccc2c(c1)[C@H](C)CC(C)(C)N2C(=O)NC1CCCCC1. The molecule has 1 fully saturated rings. The maximum Gasteiger partial charge on any atom is 0.322 e. The van der Waals surface area contributed by atoms with Gasteiger partial charge >= 0.3 is 6.03 Å². The zero-order chi connectivity index (χ0) is 16.6. The summed E-state index contributed by atoms with van der Waals surface area (Å²) in [5.41, 5.74) is 3.51. The van der Waals surface area contributed by atoms with E-state index in [0.717, 1.165) is 24.9 Å². The lowest BCUT2D eigenvalue weighted by Crippen LogP contribution is -2.57. The summed E-state index contributed by atoms with van der Waals surface area (Å²) in [7, 11) is 0. The fourth-order valence-electron chi connectivity index (χ4n) is 4.42. The minimum Gasteiger partial charge on any atom is -0.335 e. The summed E-state index contributed by atoms with van der Waals surface area (Å²) in [6, 6.07) is 6.92. The Morgan fingerprint density at radius 2 is 1.91 bits per heavy atom. The van der Waals surface area contributed by atoms with E-state index in [1.54, 1.807) is 0 Å². The van der Waals surface area contributed by atoms with Gasteiger partial charge in [-0.25, -0.2) is 4.79 Å². The van der Waals surface area contributed by atoms with E-state index >= 15 is 0 Å². The monoisotopic (exact) mass is 314 g/mol. The number of anilines is 1. The number of nitrogens with zero attached hydrogens (tertiary/aromatic N) is 1. The molecule has 0 radical (unpaired) electrons. The maximum atomic E-state index is 13.1. The molecule has 3 rings (SSSR count). The first-order chi connectivity index (χ1) is 10.9. The highest BCUT2D eigenvalue weighted by Gasteiger charge is 2.40. The molecular weight excluding hydrogens is 284 g/mol. The van der Waals surface area contributed by atoms with E-state index in [0.29, 0.717) is 12.0 Å². The van der Waals surface area contributed by atoms with Crippen LogP contribution in [0.5, 0.6) is 0 Å². The molecule has 1 aromatic carbocycles. The maximum absolute atomic E-state index is 13.1. The van der Waals surface area contributed by atoms with Crippen LogP contribution in [0, 0.1) is 6.92 Å². The van der Waals surface area contributed by atoms with Crippen molar-refractivity contribution < 1.29 is 4.79 Å². The predicted molar refractivity (Wildman–Crippen MR) is 96.2 cm³/mol. The smallest absolute Gasteiger partial charge is 0.322 e. The predicted octanol–water partition coefficient (Wildman–Crippen LogP) is 5.13. The summed E-state index contributed by atoms with van der Waals surface area (Å²) >= 11 is 0. The molecular formula is C20H30N2O. The van der Waals surface area contributed by atoms with Gasteiger partial charge in [0.2, 0.25) is 0 Å². The number of urea groups is 1. The van der Waals surface area contributed by atoms with E-state index in [1.807, 2.05) is 4.90 Å². The van der Waals surface area contributed by atoms with E-state index in [4.69, 9.17) is 0 Å². The van der Waals surface area contributed by atoms with Crippen LogP contribution in [0.1, 0.15) is 76.3 Å². The van der Waals surface area contributed by atoms with Gasteiger partial charge in [-0.1, -0.05) is 43.9 Å². The first kappa shape index (κ1) is 16.4. The Balaban J connectivity index is 1.89. The van der Waals surface area contributed by atoms with Crippen LogP contribution in [0.25, 0.3) is 0 Å². The standard InChI is InChI=1S/C20H30N2O/c1-14-10-11-18-17(12-14)15(2)13-20(3,4)22(18)19(23)21-16-8-6-5-7-9-16/h10-12,15-16H,5-9,13H2,1-4H3,(H,21,23)/t15-/m1/s1. The van der Waals surface area contributed by atoms with Crippen molar-refractivity contribution in [2.24, 2.45) is 0 Å². The van der Waals surface area contributed by atoms with Gasteiger partial charge in [0.05, 0.1) is 0 Å². The first-order valence-electron chi connectivity index (χ1n) is 9.10. The summed E-state index contributed by atoms with van der Waals surface area (Å²) < 4.78 is 0. The highest BCUT2D eigenvalue weighted by atomic mass is 16.2. The molecule has 126 valence electrons. The average molecular weight is 314 g/mol. The lowest BCUT2D eigenvalue weighted by molar-refractivity contribution is 0.228. The molecule has 1 aliphatic carbocycles. The number of aryl methyl sites for hydroxylation is 1. The van der Waals surface area contributed by atoms with Crippen LogP contribution in [0.15, 0.2) is 18.2 Å². The van der Waals surface area contributed by atoms with Crippen LogP contribution in [-0.2, 0) is 0 Å². The van der Waals surface area contributed by atoms with Gasteiger partial charge in [-0.15, -0.1) is 0 Å². The van der Waals surface area contributed by atoms with Crippen LogP contribution in [0.2, 0.25) is 0 Å². The number of nitrogens with one attached hydrogen (secondary N) is 1. The molecule has 2 aliphatic rings. The zero-order valence-electron chi connectivity index (χ0n) is 15.0. The van der Waals surface area contributed by atoms with Crippen LogP contribution in [0.4, 0.5) is 10.5 Å². The normalized spacial score (nSPS) is 24.2. The van der Waals surface area contributed by atoms with Crippen LogP contribution < -0.4 is 10.2 Å². The van der Waals surface area contributed by atoms with Gasteiger partial charge in [0, 0.05) is 17.3 Å². The van der Waals surface area contributed by atoms with E-state index in [2.05, 4.69) is 51.2 Å². The lowest BCUT2D eigenvalue weighted by atomic mass is 9.80. The fraction of sp³-hybridized carbons (Fsp3) is 0.650. The van der Waals surface area contributed by atoms with Crippen molar-refractivity contribution in [3.63, 3.8) is 0 Å². The number of carbonyl (C=O) groups is 1. The average Bonchev–Trinajstić information content (AvgIpc) is 2.48. The molecule has 3 heteroatoms. The Hall–Kier alpha value is -1.51. The fourth-order valence-corrected chi connectivity index (χ4v) is 4.42. The van der Waals surface area contributed by atoms with E-state index in [9.17, 15) is 4.79 Å². The largest absolute Gasteiger partial charge is 0.335 e. The van der Waals surface area contributed by atoms with Gasteiger partial charge in [0.15, 0.2) is 0 Å². The van der Waals surface area contributed by atoms with Crippen LogP contribution >= 0.6 is 0 Å². The van der Waals surface area contributed by atoms with Gasteiger partial charge in [-0.05, 0) is 57.6 Å². The Morgan fingerprint density at radius 1 is 1.22 bits per heavy atom. The molecule has 1 saturated carbocycles. The topological polar surface area (TPSA) is 32.3 Å². The summed E-state index contributed by atoms with van der Waals surface area (Å²) in [5, 5.41) is 3.30. The molecule has 1 atom stereocenters. The third-order valence-electron chi connectivity index (χ3n) is 5.50. The molecule has 0 saturated heterocycles. The Kier molecular flexibility index (Phi) is 4.39. The number of rotatable bonds is 1. The molecule has 0 bridgehead atoms. The van der Waals surface area contributed by atoms with Crippen molar-refractivity contribution in [2.75, 3.05) is 4.90 Å². The zero-order valence-corrected chi connectivity index (χ0v) is 15.0. The summed E-state index contributed by atoms with van der Waals surface area (Å²) in [6.45, 7) is 8.77. The molecule has 1 N–H and O–H groups in total.